The van der Waals surface area contributed by atoms with Crippen LogP contribution in [0.3, 0.4) is 0 Å². The van der Waals surface area contributed by atoms with E-state index in [4.69, 9.17) is 0 Å². The molecule has 4 nitrogen and oxygen atoms in total. The molecule has 0 radical (unpaired) electrons. The third-order valence-electron chi connectivity index (χ3n) is 4.86. The van der Waals surface area contributed by atoms with Crippen molar-refractivity contribution in [2.24, 2.45) is 0 Å². The van der Waals surface area contributed by atoms with Gasteiger partial charge in [-0.1, -0.05) is 30.0 Å². The Bertz CT molecular complexity index is 885. The molecule has 0 spiro atoms. The van der Waals surface area contributed by atoms with Crippen LogP contribution in [0.2, 0.25) is 0 Å². The number of carbonyl (C=O) groups is 1. The monoisotopic (exact) mass is 351 g/mol. The van der Waals surface area contributed by atoms with Crippen LogP contribution in [0.25, 0.3) is 0 Å². The molecule has 128 valence electrons. The fraction of sp³-hybridized carbons (Fsp3) is 0.350. The molecule has 25 heavy (non-hydrogen) atoms. The van der Waals surface area contributed by atoms with Gasteiger partial charge in [0.15, 0.2) is 0 Å². The van der Waals surface area contributed by atoms with Crippen molar-refractivity contribution in [3.63, 3.8) is 0 Å². The lowest BCUT2D eigenvalue weighted by atomic mass is 10.1. The van der Waals surface area contributed by atoms with Crippen molar-refractivity contribution in [1.82, 2.24) is 4.98 Å². The van der Waals surface area contributed by atoms with E-state index in [0.717, 1.165) is 28.9 Å². The number of nitrogens with zero attached hydrogens (tertiary/aromatic N) is 3. The topological polar surface area (TPSA) is 57.0 Å². The summed E-state index contributed by atoms with van der Waals surface area (Å²) in [5.74, 6) is 0.0662. The van der Waals surface area contributed by atoms with Gasteiger partial charge < -0.3 is 4.90 Å². The molecule has 1 amide bonds. The lowest BCUT2D eigenvalue weighted by Crippen LogP contribution is -2.35. The van der Waals surface area contributed by atoms with E-state index < -0.39 is 0 Å². The maximum absolute atomic E-state index is 12.9. The highest BCUT2D eigenvalue weighted by Gasteiger charge is 2.29. The first-order valence-electron chi connectivity index (χ1n) is 8.38. The third kappa shape index (κ3) is 3.14. The largest absolute Gasteiger partial charge is 0.311 e. The van der Waals surface area contributed by atoms with Crippen molar-refractivity contribution in [2.75, 3.05) is 11.4 Å². The quantitative estimate of drug-likeness (QED) is 0.786. The van der Waals surface area contributed by atoms with Crippen LogP contribution in [0.5, 0.6) is 0 Å². The second-order valence-electron chi connectivity index (χ2n) is 6.37. The third-order valence-corrected chi connectivity index (χ3v) is 5.94. The minimum Gasteiger partial charge on any atom is -0.311 e. The fourth-order valence-corrected chi connectivity index (χ4v) is 4.20. The smallest absolute Gasteiger partial charge is 0.240 e. The number of thioether (sulfide) groups is 1. The number of amides is 1. The Hall–Kier alpha value is -2.32. The van der Waals surface area contributed by atoms with E-state index in [0.29, 0.717) is 17.1 Å². The summed E-state index contributed by atoms with van der Waals surface area (Å²) in [4.78, 5) is 19.4. The Labute approximate surface area is 152 Å². The number of para-hydroxylation sites is 1. The molecule has 1 aliphatic rings. The van der Waals surface area contributed by atoms with Gasteiger partial charge >= 0.3 is 0 Å². The molecule has 0 bridgehead atoms. The molecule has 5 heteroatoms. The molecular weight excluding hydrogens is 330 g/mol. The van der Waals surface area contributed by atoms with Crippen LogP contribution < -0.4 is 4.90 Å². The number of pyridine rings is 1. The van der Waals surface area contributed by atoms with E-state index in [1.54, 1.807) is 0 Å². The molecule has 0 unspecified atom stereocenters. The predicted octanol–water partition coefficient (Wildman–Crippen LogP) is 3.95. The van der Waals surface area contributed by atoms with Crippen LogP contribution in [-0.4, -0.2) is 22.7 Å². The van der Waals surface area contributed by atoms with Gasteiger partial charge in [-0.05, 0) is 56.9 Å². The zero-order valence-electron chi connectivity index (χ0n) is 15.0. The second kappa shape index (κ2) is 6.89. The van der Waals surface area contributed by atoms with Crippen molar-refractivity contribution < 1.29 is 4.79 Å². The van der Waals surface area contributed by atoms with E-state index in [2.05, 4.69) is 17.1 Å². The minimum absolute atomic E-state index is 0.0662. The normalized spacial score (nSPS) is 14.1. The van der Waals surface area contributed by atoms with Gasteiger partial charge in [0.1, 0.15) is 11.1 Å². The average Bonchev–Trinajstić information content (AvgIpc) is 3.03. The van der Waals surface area contributed by atoms with E-state index in [-0.39, 0.29) is 11.2 Å². The lowest BCUT2D eigenvalue weighted by Gasteiger charge is -2.22. The maximum Gasteiger partial charge on any atom is 0.240 e. The van der Waals surface area contributed by atoms with Crippen LogP contribution in [0.1, 0.15) is 34.9 Å². The van der Waals surface area contributed by atoms with Gasteiger partial charge in [-0.15, -0.1) is 0 Å². The molecule has 1 aromatic heterocycles. The van der Waals surface area contributed by atoms with E-state index >= 15 is 0 Å². The molecule has 1 aromatic carbocycles. The van der Waals surface area contributed by atoms with Gasteiger partial charge in [-0.25, -0.2) is 4.98 Å². The average molecular weight is 351 g/mol. The molecule has 0 fully saturated rings. The second-order valence-corrected chi connectivity index (χ2v) is 7.70. The van der Waals surface area contributed by atoms with Crippen molar-refractivity contribution in [3.8, 4) is 6.07 Å². The minimum atomic E-state index is -0.299. The molecule has 1 aliphatic heterocycles. The molecule has 2 heterocycles. The highest BCUT2D eigenvalue weighted by molar-refractivity contribution is 8.00. The SMILES string of the molecule is Cc1nc(S[C@H](C)C(=O)N2CCc3ccccc32)c(C#N)c(C)c1C. The molecular formula is C20H21N3OS. The first-order valence-corrected chi connectivity index (χ1v) is 9.25. The summed E-state index contributed by atoms with van der Waals surface area (Å²) in [6, 6.07) is 10.3. The van der Waals surface area contributed by atoms with Gasteiger partial charge in [0.2, 0.25) is 5.91 Å². The molecule has 0 N–H and O–H groups in total. The van der Waals surface area contributed by atoms with E-state index in [9.17, 15) is 10.1 Å². The summed E-state index contributed by atoms with van der Waals surface area (Å²) in [5, 5.41) is 9.86. The van der Waals surface area contributed by atoms with Crippen LogP contribution in [-0.2, 0) is 11.2 Å². The van der Waals surface area contributed by atoms with Crippen molar-refractivity contribution in [1.29, 1.82) is 5.26 Å². The number of anilines is 1. The van der Waals surface area contributed by atoms with Gasteiger partial charge in [-0.2, -0.15) is 5.26 Å². The summed E-state index contributed by atoms with van der Waals surface area (Å²) in [6.07, 6.45) is 0.893. The summed E-state index contributed by atoms with van der Waals surface area (Å²) < 4.78 is 0. The molecule has 3 rings (SSSR count). The number of hydrogen-bond acceptors (Lipinski definition) is 4. The summed E-state index contributed by atoms with van der Waals surface area (Å²) in [5.41, 5.74) is 5.69. The molecule has 0 saturated carbocycles. The molecule has 0 saturated heterocycles. The van der Waals surface area contributed by atoms with Crippen LogP contribution >= 0.6 is 11.8 Å². The number of hydrogen-bond donors (Lipinski definition) is 0. The zero-order valence-corrected chi connectivity index (χ0v) is 15.8. The van der Waals surface area contributed by atoms with Crippen molar-refractivity contribution in [2.45, 2.75) is 44.4 Å². The van der Waals surface area contributed by atoms with Gasteiger partial charge in [0.05, 0.1) is 10.8 Å². The maximum atomic E-state index is 12.9. The Kier molecular flexibility index (Phi) is 4.82. The van der Waals surface area contributed by atoms with Crippen LogP contribution in [0.15, 0.2) is 29.3 Å². The highest BCUT2D eigenvalue weighted by atomic mass is 32.2. The predicted molar refractivity (Wildman–Crippen MR) is 101 cm³/mol. The van der Waals surface area contributed by atoms with Crippen molar-refractivity contribution in [3.05, 3.63) is 52.2 Å². The van der Waals surface area contributed by atoms with E-state index in [1.165, 1.54) is 17.3 Å². The number of carbonyl (C=O) groups excluding carboxylic acids is 1. The molecule has 1 atom stereocenters. The fourth-order valence-electron chi connectivity index (χ4n) is 3.13. The highest BCUT2D eigenvalue weighted by Crippen LogP contribution is 2.33. The van der Waals surface area contributed by atoms with Crippen molar-refractivity contribution >= 4 is 23.4 Å². The van der Waals surface area contributed by atoms with E-state index in [1.807, 2.05) is 50.8 Å². The lowest BCUT2D eigenvalue weighted by molar-refractivity contribution is -0.117. The van der Waals surface area contributed by atoms with Gasteiger partial charge in [-0.3, -0.25) is 4.79 Å². The number of fused-ring (bicyclic) bond motifs is 1. The Morgan fingerprint density at radius 2 is 2.00 bits per heavy atom. The standard InChI is InChI=1S/C20H21N3OS/c1-12-13(2)17(11-21)19(22-14(12)3)25-15(4)20(24)23-10-9-16-7-5-6-8-18(16)23/h5-8,15H,9-10H2,1-4H3/t15-/m1/s1. The Balaban J connectivity index is 1.85. The molecule has 0 aliphatic carbocycles. The Morgan fingerprint density at radius 3 is 2.72 bits per heavy atom. The zero-order chi connectivity index (χ0) is 18.1. The first-order chi connectivity index (χ1) is 11.9. The van der Waals surface area contributed by atoms with Gasteiger partial charge in [0, 0.05) is 17.9 Å². The number of aromatic nitrogens is 1. The molecule has 2 aromatic rings. The number of benzene rings is 1. The van der Waals surface area contributed by atoms with Crippen LogP contribution in [0.4, 0.5) is 5.69 Å². The summed E-state index contributed by atoms with van der Waals surface area (Å²) in [6.45, 7) is 8.46. The van der Waals surface area contributed by atoms with Gasteiger partial charge in [0.25, 0.3) is 0 Å². The number of nitriles is 1. The number of rotatable bonds is 3. The first kappa shape index (κ1) is 17.5. The summed E-state index contributed by atoms with van der Waals surface area (Å²) >= 11 is 1.38. The number of aryl methyl sites for hydroxylation is 1. The van der Waals surface area contributed by atoms with Crippen LogP contribution in [0, 0.1) is 32.1 Å². The summed E-state index contributed by atoms with van der Waals surface area (Å²) in [7, 11) is 0. The Morgan fingerprint density at radius 1 is 1.28 bits per heavy atom.